The Balaban J connectivity index is 1.71. The van der Waals surface area contributed by atoms with Crippen molar-refractivity contribution >= 4 is 69.8 Å². The first-order valence-electron chi connectivity index (χ1n) is 12.9. The number of benzene rings is 2. The van der Waals surface area contributed by atoms with E-state index in [9.17, 15) is 9.59 Å². The van der Waals surface area contributed by atoms with Gasteiger partial charge in [0.05, 0.1) is 55.1 Å². The molecule has 2 heterocycles. The summed E-state index contributed by atoms with van der Waals surface area (Å²) in [6, 6.07) is 8.33. The molecule has 0 aliphatic carbocycles. The van der Waals surface area contributed by atoms with Gasteiger partial charge >= 0.3 is 6.03 Å². The monoisotopic (exact) mass is 640 g/mol. The third kappa shape index (κ3) is 7.02. The van der Waals surface area contributed by atoms with Crippen LogP contribution in [0.25, 0.3) is 0 Å². The zero-order valence-electron chi connectivity index (χ0n) is 24.0. The van der Waals surface area contributed by atoms with Crippen molar-refractivity contribution in [2.24, 2.45) is 4.99 Å². The fourth-order valence-corrected chi connectivity index (χ4v) is 5.60. The number of ether oxygens (including phenoxy) is 2. The van der Waals surface area contributed by atoms with Gasteiger partial charge in [0, 0.05) is 28.9 Å². The van der Waals surface area contributed by atoms with Crippen molar-refractivity contribution < 1.29 is 19.1 Å². The van der Waals surface area contributed by atoms with Crippen molar-refractivity contribution in [2.45, 2.75) is 20.4 Å². The predicted molar refractivity (Wildman–Crippen MR) is 174 cm³/mol. The van der Waals surface area contributed by atoms with Crippen molar-refractivity contribution in [3.05, 3.63) is 92.8 Å². The lowest BCUT2D eigenvalue weighted by molar-refractivity contribution is -0.111. The van der Waals surface area contributed by atoms with E-state index in [-0.39, 0.29) is 40.8 Å². The molecule has 2 N–H and O–H groups in total. The van der Waals surface area contributed by atoms with Crippen molar-refractivity contribution in [2.75, 3.05) is 36.3 Å². The summed E-state index contributed by atoms with van der Waals surface area (Å²) in [6.45, 7) is 11.5. The molecular weight excluding hydrogens is 611 g/mol. The number of amides is 3. The van der Waals surface area contributed by atoms with Gasteiger partial charge in [-0.2, -0.15) is 0 Å². The van der Waals surface area contributed by atoms with Crippen LogP contribution in [0.3, 0.4) is 0 Å². The summed E-state index contributed by atoms with van der Waals surface area (Å²) in [5.74, 6) is 0.546. The largest absolute Gasteiger partial charge is 0.495 e. The van der Waals surface area contributed by atoms with E-state index in [4.69, 9.17) is 32.7 Å². The summed E-state index contributed by atoms with van der Waals surface area (Å²) in [5.41, 5.74) is 3.47. The second-order valence-electron chi connectivity index (χ2n) is 9.25. The van der Waals surface area contributed by atoms with Crippen LogP contribution >= 0.6 is 34.5 Å². The normalized spacial score (nSPS) is 13.4. The Kier molecular flexibility index (Phi) is 10.1. The number of para-hydroxylation sites is 2. The number of aromatic nitrogens is 1. The van der Waals surface area contributed by atoms with Crippen LogP contribution < -0.4 is 25.0 Å². The van der Waals surface area contributed by atoms with Crippen molar-refractivity contribution in [3.63, 3.8) is 0 Å². The fraction of sp³-hybridized carbons (Fsp3) is 0.200. The molecule has 0 bridgehead atoms. The van der Waals surface area contributed by atoms with Crippen LogP contribution in [0.5, 0.6) is 11.5 Å². The number of aryl methyl sites for hydroxylation is 1. The first-order chi connectivity index (χ1) is 20.6. The van der Waals surface area contributed by atoms with Gasteiger partial charge in [0.1, 0.15) is 27.4 Å². The molecular formula is C30H30Cl2N6O4S. The molecule has 0 saturated carbocycles. The minimum Gasteiger partial charge on any atom is -0.495 e. The topological polar surface area (TPSA) is 108 Å². The highest BCUT2D eigenvalue weighted by Gasteiger charge is 2.35. The summed E-state index contributed by atoms with van der Waals surface area (Å²) in [7, 11) is 2.93. The van der Waals surface area contributed by atoms with Gasteiger partial charge < -0.3 is 20.1 Å². The van der Waals surface area contributed by atoms with E-state index >= 15 is 0 Å². The first kappa shape index (κ1) is 31.6. The standard InChI is InChI=1S/C30H30Cl2N6O4S/c1-7-26(39)36-23-11-9-8-10-22(23)34-18(3)33-13-20-14-38(29-27(31)24(41-5)12-25(42-6)28(29)32)30(40)37(17(20)2)15-21-16-43-19(4)35-21/h7-13,16,34H,1,3,14-15H2,2,4-6H3,(H,36,39). The molecule has 10 nitrogen and oxygen atoms in total. The number of halogens is 2. The van der Waals surface area contributed by atoms with E-state index in [2.05, 4.69) is 33.8 Å². The lowest BCUT2D eigenvalue weighted by Gasteiger charge is -2.37. The zero-order valence-corrected chi connectivity index (χ0v) is 26.4. The lowest BCUT2D eigenvalue weighted by Crippen LogP contribution is -2.48. The van der Waals surface area contributed by atoms with E-state index < -0.39 is 0 Å². The number of urea groups is 1. The average molecular weight is 642 g/mol. The second kappa shape index (κ2) is 13.8. The maximum Gasteiger partial charge on any atom is 0.329 e. The van der Waals surface area contributed by atoms with Gasteiger partial charge in [-0.1, -0.05) is 48.5 Å². The molecule has 3 amide bonds. The van der Waals surface area contributed by atoms with Crippen molar-refractivity contribution in [1.82, 2.24) is 9.88 Å². The molecule has 0 fully saturated rings. The Hall–Kier alpha value is -4.32. The van der Waals surface area contributed by atoms with Crippen LogP contribution in [0, 0.1) is 6.92 Å². The van der Waals surface area contributed by atoms with Crippen LogP contribution in [-0.2, 0) is 11.3 Å². The minimum atomic E-state index is -0.358. The van der Waals surface area contributed by atoms with E-state index in [0.29, 0.717) is 40.0 Å². The number of anilines is 3. The van der Waals surface area contributed by atoms with Gasteiger partial charge in [-0.3, -0.25) is 14.6 Å². The van der Waals surface area contributed by atoms with Crippen molar-refractivity contribution in [3.8, 4) is 11.5 Å². The van der Waals surface area contributed by atoms with Gasteiger partial charge in [-0.15, -0.1) is 11.3 Å². The Morgan fingerprint density at radius 2 is 1.77 bits per heavy atom. The van der Waals surface area contributed by atoms with Crippen LogP contribution in [0.4, 0.5) is 21.9 Å². The summed E-state index contributed by atoms with van der Waals surface area (Å²) < 4.78 is 10.9. The summed E-state index contributed by atoms with van der Waals surface area (Å²) in [5, 5.41) is 8.96. The Bertz CT molecular complexity index is 1620. The van der Waals surface area contributed by atoms with Crippen LogP contribution in [0.15, 0.2) is 77.0 Å². The average Bonchev–Trinajstić information content (AvgIpc) is 3.41. The molecule has 1 aliphatic heterocycles. The highest BCUT2D eigenvalue weighted by atomic mass is 35.5. The molecule has 0 unspecified atom stereocenters. The number of rotatable bonds is 11. The smallest absolute Gasteiger partial charge is 0.329 e. The highest BCUT2D eigenvalue weighted by Crippen LogP contribution is 2.47. The van der Waals surface area contributed by atoms with Gasteiger partial charge in [0.2, 0.25) is 5.91 Å². The van der Waals surface area contributed by atoms with Crippen LogP contribution in [-0.4, -0.2) is 48.8 Å². The molecule has 43 heavy (non-hydrogen) atoms. The summed E-state index contributed by atoms with van der Waals surface area (Å²) in [4.78, 5) is 38.0. The Morgan fingerprint density at radius 3 is 2.33 bits per heavy atom. The second-order valence-corrected chi connectivity index (χ2v) is 11.1. The third-order valence-electron chi connectivity index (χ3n) is 6.49. The molecule has 4 rings (SSSR count). The first-order valence-corrected chi connectivity index (χ1v) is 14.5. The molecule has 2 aromatic carbocycles. The Labute approximate surface area is 263 Å². The molecule has 224 valence electrons. The number of carbonyl (C=O) groups is 2. The molecule has 13 heteroatoms. The number of allylic oxidation sites excluding steroid dienone is 1. The SMILES string of the molecule is C=CC(=O)Nc1ccccc1NC(=C)N=CC1=C(C)N(Cc2csc(C)n2)C(=O)N(c2c(Cl)c(OC)cc(OC)c2Cl)C1. The van der Waals surface area contributed by atoms with Gasteiger partial charge in [0.25, 0.3) is 0 Å². The number of carbonyl (C=O) groups excluding carboxylic acids is 2. The van der Waals surface area contributed by atoms with E-state index in [1.165, 1.54) is 36.5 Å². The maximum absolute atomic E-state index is 14.0. The maximum atomic E-state index is 14.0. The van der Waals surface area contributed by atoms with Crippen LogP contribution in [0.2, 0.25) is 10.0 Å². The number of thiazole rings is 1. The highest BCUT2D eigenvalue weighted by molar-refractivity contribution is 7.09. The zero-order chi connectivity index (χ0) is 31.3. The number of hydrogen-bond acceptors (Lipinski definition) is 8. The van der Waals surface area contributed by atoms with Gasteiger partial charge in [-0.05, 0) is 32.1 Å². The molecule has 0 saturated heterocycles. The molecule has 1 aliphatic rings. The number of hydrogen-bond donors (Lipinski definition) is 2. The molecule has 3 aromatic rings. The summed E-state index contributed by atoms with van der Waals surface area (Å²) in [6.07, 6.45) is 2.80. The molecule has 0 radical (unpaired) electrons. The molecule has 1 aromatic heterocycles. The van der Waals surface area contributed by atoms with Crippen LogP contribution in [0.1, 0.15) is 17.6 Å². The predicted octanol–water partition coefficient (Wildman–Crippen LogP) is 7.27. The third-order valence-corrected chi connectivity index (χ3v) is 8.05. The number of methoxy groups -OCH3 is 2. The molecule has 0 atom stereocenters. The van der Waals surface area contributed by atoms with E-state index in [1.807, 2.05) is 25.3 Å². The fourth-order valence-electron chi connectivity index (χ4n) is 4.29. The van der Waals surface area contributed by atoms with Gasteiger partial charge in [-0.25, -0.2) is 14.8 Å². The summed E-state index contributed by atoms with van der Waals surface area (Å²) >= 11 is 14.9. The number of nitrogens with zero attached hydrogens (tertiary/aromatic N) is 4. The Morgan fingerprint density at radius 1 is 1.14 bits per heavy atom. The van der Waals surface area contributed by atoms with Gasteiger partial charge in [0.15, 0.2) is 0 Å². The minimum absolute atomic E-state index is 0.0930. The number of aliphatic imine (C=N–C) groups is 1. The number of nitrogens with one attached hydrogen (secondary N) is 2. The lowest BCUT2D eigenvalue weighted by atomic mass is 10.1. The van der Waals surface area contributed by atoms with E-state index in [0.717, 1.165) is 10.7 Å². The molecule has 0 spiro atoms. The van der Waals surface area contributed by atoms with Crippen molar-refractivity contribution in [1.29, 1.82) is 0 Å². The van der Waals surface area contributed by atoms with E-state index in [1.54, 1.807) is 35.4 Å². The quantitative estimate of drug-likeness (QED) is 0.168.